The Bertz CT molecular complexity index is 555. The Balaban J connectivity index is 2.03. The summed E-state index contributed by atoms with van der Waals surface area (Å²) in [6, 6.07) is 8.31. The lowest BCUT2D eigenvalue weighted by Gasteiger charge is -2.12. The zero-order chi connectivity index (χ0) is 15.1. The van der Waals surface area contributed by atoms with Gasteiger partial charge in [-0.05, 0) is 17.9 Å². The Kier molecular flexibility index (Phi) is 6.68. The number of hydrogen-bond donors (Lipinski definition) is 0. The van der Waals surface area contributed by atoms with E-state index in [1.54, 1.807) is 11.3 Å². The lowest BCUT2D eigenvalue weighted by atomic mass is 10.1. The molecular formula is C17H22ClNOS. The summed E-state index contributed by atoms with van der Waals surface area (Å²) in [4.78, 5) is 4.56. The van der Waals surface area contributed by atoms with Gasteiger partial charge in [-0.3, -0.25) is 0 Å². The van der Waals surface area contributed by atoms with Gasteiger partial charge in [-0.25, -0.2) is 4.98 Å². The molecule has 0 aliphatic carbocycles. The van der Waals surface area contributed by atoms with Crippen LogP contribution in [-0.2, 0) is 17.2 Å². The van der Waals surface area contributed by atoms with Crippen LogP contribution < -0.4 is 0 Å². The number of alkyl halides is 1. The Morgan fingerprint density at radius 2 is 2.14 bits per heavy atom. The first-order valence-corrected chi connectivity index (χ1v) is 8.82. The van der Waals surface area contributed by atoms with Crippen molar-refractivity contribution in [3.05, 3.63) is 40.9 Å². The van der Waals surface area contributed by atoms with Gasteiger partial charge in [0.1, 0.15) is 5.01 Å². The molecule has 0 amide bonds. The van der Waals surface area contributed by atoms with E-state index in [0.717, 1.165) is 22.9 Å². The van der Waals surface area contributed by atoms with Crippen molar-refractivity contribution in [2.45, 2.75) is 39.2 Å². The van der Waals surface area contributed by atoms with Crippen molar-refractivity contribution >= 4 is 22.9 Å². The lowest BCUT2D eigenvalue weighted by molar-refractivity contribution is 0.0896. The molecule has 0 radical (unpaired) electrons. The van der Waals surface area contributed by atoms with Gasteiger partial charge in [0.05, 0.1) is 18.2 Å². The SMILES string of the molecule is CCCC(C)COCc1ccccc1-c1nc(CCl)cs1. The first kappa shape index (κ1) is 16.5. The van der Waals surface area contributed by atoms with Gasteiger partial charge in [0, 0.05) is 17.6 Å². The van der Waals surface area contributed by atoms with E-state index in [1.807, 2.05) is 17.5 Å². The van der Waals surface area contributed by atoms with Crippen LogP contribution in [0.3, 0.4) is 0 Å². The van der Waals surface area contributed by atoms with Gasteiger partial charge in [-0.2, -0.15) is 0 Å². The fraction of sp³-hybridized carbons (Fsp3) is 0.471. The first-order valence-electron chi connectivity index (χ1n) is 7.41. The molecule has 2 rings (SSSR count). The molecule has 4 heteroatoms. The molecule has 0 aliphatic rings. The molecule has 1 heterocycles. The zero-order valence-electron chi connectivity index (χ0n) is 12.6. The van der Waals surface area contributed by atoms with Crippen molar-refractivity contribution < 1.29 is 4.74 Å². The van der Waals surface area contributed by atoms with Crippen LogP contribution in [0.5, 0.6) is 0 Å². The Labute approximate surface area is 136 Å². The quantitative estimate of drug-likeness (QED) is 0.598. The lowest BCUT2D eigenvalue weighted by Crippen LogP contribution is -2.06. The summed E-state index contributed by atoms with van der Waals surface area (Å²) < 4.78 is 5.88. The van der Waals surface area contributed by atoms with Gasteiger partial charge in [0.25, 0.3) is 0 Å². The number of nitrogens with zero attached hydrogens (tertiary/aromatic N) is 1. The summed E-state index contributed by atoms with van der Waals surface area (Å²) in [5, 5.41) is 3.04. The minimum Gasteiger partial charge on any atom is -0.376 e. The van der Waals surface area contributed by atoms with Gasteiger partial charge >= 0.3 is 0 Å². The number of ether oxygens (including phenoxy) is 1. The van der Waals surface area contributed by atoms with Crippen molar-refractivity contribution in [3.63, 3.8) is 0 Å². The molecule has 2 aromatic rings. The molecular weight excluding hydrogens is 302 g/mol. The molecule has 1 aromatic carbocycles. The van der Waals surface area contributed by atoms with E-state index in [0.29, 0.717) is 18.4 Å². The van der Waals surface area contributed by atoms with Gasteiger partial charge in [-0.15, -0.1) is 22.9 Å². The highest BCUT2D eigenvalue weighted by molar-refractivity contribution is 7.13. The van der Waals surface area contributed by atoms with Crippen LogP contribution in [0.4, 0.5) is 0 Å². The number of benzene rings is 1. The van der Waals surface area contributed by atoms with Gasteiger partial charge < -0.3 is 4.74 Å². The number of halogens is 1. The van der Waals surface area contributed by atoms with Gasteiger partial charge in [0.2, 0.25) is 0 Å². The predicted molar refractivity (Wildman–Crippen MR) is 90.8 cm³/mol. The standard InChI is InChI=1S/C17H22ClNOS/c1-3-6-13(2)10-20-11-14-7-4-5-8-16(14)17-19-15(9-18)12-21-17/h4-5,7-8,12-13H,3,6,9-11H2,1-2H3. The van der Waals surface area contributed by atoms with E-state index in [1.165, 1.54) is 18.4 Å². The van der Waals surface area contributed by atoms with Gasteiger partial charge in [-0.1, -0.05) is 44.5 Å². The molecule has 0 saturated carbocycles. The molecule has 21 heavy (non-hydrogen) atoms. The summed E-state index contributed by atoms with van der Waals surface area (Å²) >= 11 is 7.47. The number of thiazole rings is 1. The minimum atomic E-state index is 0.462. The highest BCUT2D eigenvalue weighted by Crippen LogP contribution is 2.28. The number of hydrogen-bond acceptors (Lipinski definition) is 3. The molecule has 0 saturated heterocycles. The predicted octanol–water partition coefficient (Wildman–Crippen LogP) is 5.50. The molecule has 114 valence electrons. The Morgan fingerprint density at radius 3 is 2.86 bits per heavy atom. The second kappa shape index (κ2) is 8.52. The van der Waals surface area contributed by atoms with Crippen LogP contribution in [0, 0.1) is 5.92 Å². The summed E-state index contributed by atoms with van der Waals surface area (Å²) in [5.41, 5.74) is 3.28. The first-order chi connectivity index (χ1) is 10.2. The molecule has 0 fully saturated rings. The summed E-state index contributed by atoms with van der Waals surface area (Å²) in [5.74, 6) is 1.08. The van der Waals surface area contributed by atoms with Gasteiger partial charge in [0.15, 0.2) is 0 Å². The van der Waals surface area contributed by atoms with Crippen LogP contribution in [-0.4, -0.2) is 11.6 Å². The fourth-order valence-electron chi connectivity index (χ4n) is 2.29. The smallest absolute Gasteiger partial charge is 0.124 e. The van der Waals surface area contributed by atoms with Crippen molar-refractivity contribution in [1.29, 1.82) is 0 Å². The third kappa shape index (κ3) is 4.80. The largest absolute Gasteiger partial charge is 0.376 e. The second-order valence-electron chi connectivity index (χ2n) is 5.34. The fourth-order valence-corrected chi connectivity index (χ4v) is 3.40. The number of rotatable bonds is 8. The average Bonchev–Trinajstić information content (AvgIpc) is 2.97. The van der Waals surface area contributed by atoms with E-state index < -0.39 is 0 Å². The van der Waals surface area contributed by atoms with Crippen LogP contribution in [0.15, 0.2) is 29.6 Å². The van der Waals surface area contributed by atoms with Crippen molar-refractivity contribution in [1.82, 2.24) is 4.98 Å². The van der Waals surface area contributed by atoms with E-state index in [9.17, 15) is 0 Å². The molecule has 0 bridgehead atoms. The molecule has 1 aromatic heterocycles. The minimum absolute atomic E-state index is 0.462. The average molecular weight is 324 g/mol. The van der Waals surface area contributed by atoms with E-state index in [2.05, 4.69) is 31.0 Å². The molecule has 1 atom stereocenters. The van der Waals surface area contributed by atoms with Crippen molar-refractivity contribution in [3.8, 4) is 10.6 Å². The highest BCUT2D eigenvalue weighted by atomic mass is 35.5. The zero-order valence-corrected chi connectivity index (χ0v) is 14.2. The maximum Gasteiger partial charge on any atom is 0.124 e. The highest BCUT2D eigenvalue weighted by Gasteiger charge is 2.09. The van der Waals surface area contributed by atoms with E-state index in [-0.39, 0.29) is 0 Å². The molecule has 0 spiro atoms. The molecule has 2 nitrogen and oxygen atoms in total. The Hall–Kier alpha value is -0.900. The molecule has 1 unspecified atom stereocenters. The van der Waals surface area contributed by atoms with Crippen molar-refractivity contribution in [2.75, 3.05) is 6.61 Å². The van der Waals surface area contributed by atoms with E-state index >= 15 is 0 Å². The summed E-state index contributed by atoms with van der Waals surface area (Å²) in [6.07, 6.45) is 2.43. The van der Waals surface area contributed by atoms with Crippen LogP contribution in [0.25, 0.3) is 10.6 Å². The normalized spacial score (nSPS) is 12.5. The van der Waals surface area contributed by atoms with E-state index in [4.69, 9.17) is 16.3 Å². The topological polar surface area (TPSA) is 22.1 Å². The number of aromatic nitrogens is 1. The Morgan fingerprint density at radius 1 is 1.33 bits per heavy atom. The van der Waals surface area contributed by atoms with Crippen molar-refractivity contribution in [2.24, 2.45) is 5.92 Å². The van der Waals surface area contributed by atoms with Crippen LogP contribution in [0.1, 0.15) is 37.9 Å². The summed E-state index contributed by atoms with van der Waals surface area (Å²) in [6.45, 7) is 5.90. The monoisotopic (exact) mass is 323 g/mol. The second-order valence-corrected chi connectivity index (χ2v) is 6.47. The molecule has 0 aliphatic heterocycles. The maximum absolute atomic E-state index is 5.88. The van der Waals surface area contributed by atoms with Crippen LogP contribution >= 0.6 is 22.9 Å². The molecule has 0 N–H and O–H groups in total. The maximum atomic E-state index is 5.88. The third-order valence-corrected chi connectivity index (χ3v) is 4.58. The third-order valence-electron chi connectivity index (χ3n) is 3.38. The summed E-state index contributed by atoms with van der Waals surface area (Å²) in [7, 11) is 0. The van der Waals surface area contributed by atoms with Crippen LogP contribution in [0.2, 0.25) is 0 Å².